The van der Waals surface area contributed by atoms with Crippen LogP contribution in [0.25, 0.3) is 33.4 Å². The van der Waals surface area contributed by atoms with Crippen molar-refractivity contribution >= 4 is 40.5 Å². The van der Waals surface area contributed by atoms with E-state index in [0.717, 1.165) is 32.4 Å². The van der Waals surface area contributed by atoms with E-state index >= 15 is 0 Å². The van der Waals surface area contributed by atoms with Gasteiger partial charge in [0.25, 0.3) is 11.8 Å². The van der Waals surface area contributed by atoms with Crippen LogP contribution in [0.1, 0.15) is 104 Å². The van der Waals surface area contributed by atoms with Gasteiger partial charge in [-0.3, -0.25) is 38.9 Å². The number of ether oxygens (including phenoxy) is 2. The lowest BCUT2D eigenvalue weighted by atomic mass is 9.84. The van der Waals surface area contributed by atoms with Gasteiger partial charge in [-0.25, -0.2) is 10.4 Å². The smallest absolute Gasteiger partial charge is 0.406 e. The van der Waals surface area contributed by atoms with Crippen LogP contribution in [0.2, 0.25) is 0 Å². The highest BCUT2D eigenvalue weighted by Crippen LogP contribution is 2.43. The number of aromatic nitrogens is 3. The average Bonchev–Trinajstić information content (AvgIpc) is 4.09. The zero-order valence-electron chi connectivity index (χ0n) is 44.9. The van der Waals surface area contributed by atoms with E-state index in [1.165, 1.54) is 34.8 Å². The lowest BCUT2D eigenvalue weighted by Gasteiger charge is -2.41. The highest BCUT2D eigenvalue weighted by molar-refractivity contribution is 5.97. The quantitative estimate of drug-likeness (QED) is 0.0793. The van der Waals surface area contributed by atoms with E-state index in [4.69, 9.17) is 18.9 Å². The molecule has 0 radical (unpaired) electrons. The van der Waals surface area contributed by atoms with E-state index < -0.39 is 65.6 Å². The molecule has 3 saturated heterocycles. The number of fused-ring (bicyclic) bond motifs is 1. The van der Waals surface area contributed by atoms with Gasteiger partial charge in [-0.05, 0) is 94.5 Å². The molecule has 7 rings (SSSR count). The van der Waals surface area contributed by atoms with Crippen molar-refractivity contribution in [1.29, 1.82) is 0 Å². The molecule has 1 aromatic carbocycles. The summed E-state index contributed by atoms with van der Waals surface area (Å²) in [6.45, 7) is 16.4. The number of rotatable bonds is 18. The van der Waals surface area contributed by atoms with Crippen LogP contribution in [0.15, 0.2) is 47.2 Å². The molecular formula is C55H72F3N9O8. The number of amides is 4. The van der Waals surface area contributed by atoms with Crippen LogP contribution in [0.3, 0.4) is 0 Å². The monoisotopic (exact) mass is 1040 g/mol. The maximum Gasteiger partial charge on any atom is 0.406 e. The van der Waals surface area contributed by atoms with E-state index in [9.17, 15) is 37.1 Å². The molecule has 3 aliphatic rings. The third-order valence-corrected chi connectivity index (χ3v) is 14.5. The number of pyridine rings is 1. The highest BCUT2D eigenvalue weighted by atomic mass is 19.4. The normalized spacial score (nSPS) is 17.8. The fourth-order valence-corrected chi connectivity index (χ4v) is 10.3. The van der Waals surface area contributed by atoms with Crippen molar-refractivity contribution in [3.05, 3.63) is 59.9 Å². The van der Waals surface area contributed by atoms with E-state index in [0.29, 0.717) is 70.7 Å². The Labute approximate surface area is 437 Å². The fraction of sp³-hybridized carbons (Fsp3) is 0.582. The molecule has 3 aliphatic heterocycles. The van der Waals surface area contributed by atoms with Gasteiger partial charge in [0.1, 0.15) is 30.6 Å². The number of hydrogen-bond donors (Lipinski definition) is 2. The van der Waals surface area contributed by atoms with Gasteiger partial charge >= 0.3 is 12.1 Å². The fourth-order valence-electron chi connectivity index (χ4n) is 10.3. The predicted molar refractivity (Wildman–Crippen MR) is 275 cm³/mol. The number of methoxy groups -OCH3 is 1. The number of nitrogens with one attached hydrogen (secondary N) is 2. The first-order chi connectivity index (χ1) is 35.4. The first kappa shape index (κ1) is 56.4. The van der Waals surface area contributed by atoms with Gasteiger partial charge in [0, 0.05) is 94.0 Å². The van der Waals surface area contributed by atoms with E-state index in [2.05, 4.69) is 32.5 Å². The number of carbonyl (C=O) groups excluding carboxylic acids is 5. The van der Waals surface area contributed by atoms with Crippen LogP contribution in [0.4, 0.5) is 13.2 Å². The molecule has 4 amide bonds. The molecule has 0 spiro atoms. The van der Waals surface area contributed by atoms with Gasteiger partial charge in [0.2, 0.25) is 11.8 Å². The number of likely N-dealkylation sites (N-methyl/N-ethyl adjacent to an activating group) is 1. The minimum absolute atomic E-state index is 0.00222. The van der Waals surface area contributed by atoms with Crippen LogP contribution in [-0.2, 0) is 52.8 Å². The third kappa shape index (κ3) is 13.4. The van der Waals surface area contributed by atoms with Crippen LogP contribution in [0.5, 0.6) is 0 Å². The zero-order chi connectivity index (χ0) is 54.6. The van der Waals surface area contributed by atoms with Crippen molar-refractivity contribution in [1.82, 2.24) is 45.0 Å². The second kappa shape index (κ2) is 23.3. The summed E-state index contributed by atoms with van der Waals surface area (Å²) in [5.74, 6) is 2.96. The molecule has 406 valence electrons. The standard InChI is InChI=1S/C55H72F3N9O8/c1-34(2)48(63(9)51(71)38-19-26-64(30-38)46(69)18-20-54(7,8)65-23-14-24-65)50(70)62-42(52(72)67-25-12-11-22-60-67)28-45-61-43(31-74-45)37-16-17-44-40(27-37)41(29-53(5,6)33-75-36(4)68)49(66(44)32-55(56,57)58)39-15-13-21-59-47(39)35(3)73-10/h13,15-17,21,27,31,34-35,38,42,48,60H,11-12,14,19,22-26,28-30,32-33H2,1-10H3,(H,62,70)/t35-,38-,42-,48-/m0/s1. The Morgan fingerprint density at radius 3 is 2.40 bits per heavy atom. The lowest BCUT2D eigenvalue weighted by Crippen LogP contribution is -2.59. The summed E-state index contributed by atoms with van der Waals surface area (Å²) >= 11 is 0. The summed E-state index contributed by atoms with van der Waals surface area (Å²) in [7, 11) is 3.06. The predicted octanol–water partition coefficient (Wildman–Crippen LogP) is 6.73. The van der Waals surface area contributed by atoms with Crippen LogP contribution in [0, 0.1) is 29.1 Å². The highest BCUT2D eigenvalue weighted by Gasteiger charge is 2.40. The number of carbonyl (C=O) groups is 5. The first-order valence-electron chi connectivity index (χ1n) is 25.8. The summed E-state index contributed by atoms with van der Waals surface area (Å²) in [6, 6.07) is 6.23. The molecule has 3 aromatic heterocycles. The van der Waals surface area contributed by atoms with Gasteiger partial charge in [-0.1, -0.05) is 39.7 Å². The van der Waals surface area contributed by atoms with Crippen molar-refractivity contribution in [2.45, 2.75) is 130 Å². The molecule has 20 heteroatoms. The minimum atomic E-state index is -4.62. The zero-order valence-corrected chi connectivity index (χ0v) is 44.9. The molecule has 6 heterocycles. The first-order valence-corrected chi connectivity index (χ1v) is 25.8. The topological polar surface area (TPSA) is 185 Å². The lowest BCUT2D eigenvalue weighted by molar-refractivity contribution is -0.146. The van der Waals surface area contributed by atoms with E-state index in [1.807, 2.05) is 41.5 Å². The van der Waals surface area contributed by atoms with Gasteiger partial charge in [-0.15, -0.1) is 0 Å². The summed E-state index contributed by atoms with van der Waals surface area (Å²) in [4.78, 5) is 82.6. The molecule has 75 heavy (non-hydrogen) atoms. The number of likely N-dealkylation sites (tertiary alicyclic amines) is 2. The summed E-state index contributed by atoms with van der Waals surface area (Å²) in [5, 5.41) is 4.90. The summed E-state index contributed by atoms with van der Waals surface area (Å²) in [6.07, 6.45) is 0.887. The molecule has 0 aliphatic carbocycles. The number of benzene rings is 1. The van der Waals surface area contributed by atoms with Crippen molar-refractivity contribution in [2.24, 2.45) is 17.3 Å². The van der Waals surface area contributed by atoms with E-state index in [-0.39, 0.29) is 49.6 Å². The maximum absolute atomic E-state index is 14.7. The Morgan fingerprint density at radius 2 is 1.76 bits per heavy atom. The molecule has 3 fully saturated rings. The largest absolute Gasteiger partial charge is 0.465 e. The van der Waals surface area contributed by atoms with Gasteiger partial charge in [-0.2, -0.15) is 13.2 Å². The summed E-state index contributed by atoms with van der Waals surface area (Å²) in [5.41, 5.74) is 4.81. The van der Waals surface area contributed by atoms with Crippen LogP contribution < -0.4 is 10.7 Å². The Kier molecular flexibility index (Phi) is 17.5. The van der Waals surface area contributed by atoms with Crippen molar-refractivity contribution < 1.29 is 51.0 Å². The van der Waals surface area contributed by atoms with Gasteiger partial charge < -0.3 is 33.6 Å². The molecule has 4 aromatic rings. The minimum Gasteiger partial charge on any atom is -0.465 e. The second-order valence-electron chi connectivity index (χ2n) is 21.7. The molecule has 0 bridgehead atoms. The van der Waals surface area contributed by atoms with Crippen LogP contribution >= 0.6 is 0 Å². The number of halogens is 3. The van der Waals surface area contributed by atoms with Crippen LogP contribution in [-0.4, -0.2) is 148 Å². The molecule has 4 atom stereocenters. The molecule has 17 nitrogen and oxygen atoms in total. The maximum atomic E-state index is 14.7. The average molecular weight is 1040 g/mol. The van der Waals surface area contributed by atoms with Gasteiger partial charge in [0.15, 0.2) is 5.89 Å². The van der Waals surface area contributed by atoms with Gasteiger partial charge in [0.05, 0.1) is 42.0 Å². The molecular weight excluding hydrogens is 972 g/mol. The Balaban J connectivity index is 1.18. The SMILES string of the molecule is CO[C@@H](C)c1ncccc1-c1c(CC(C)(C)COC(C)=O)c2cc(-c3coc(C[C@H](NC(=O)[C@H](C(C)C)N(C)C(=O)[C@H]4CCN(C(=O)C#CC(C)(C)N5CCC5)C4)C(=O)N4CCCCN4)n3)ccc2n1CC(F)(F)F. The molecule has 2 N–H and O–H groups in total. The number of esters is 1. The molecule has 0 saturated carbocycles. The molecule has 0 unspecified atom stereocenters. The summed E-state index contributed by atoms with van der Waals surface area (Å²) < 4.78 is 62.3. The van der Waals surface area contributed by atoms with Crippen molar-refractivity contribution in [3.63, 3.8) is 0 Å². The number of nitrogens with zero attached hydrogens (tertiary/aromatic N) is 7. The Hall–Kier alpha value is -6.30. The Morgan fingerprint density at radius 1 is 1.01 bits per heavy atom. The third-order valence-electron chi connectivity index (χ3n) is 14.5. The Bertz CT molecular complexity index is 2800. The van der Waals surface area contributed by atoms with Crippen molar-refractivity contribution in [2.75, 3.05) is 60.0 Å². The number of hydrazine groups is 1. The number of alkyl halides is 3. The number of hydrogen-bond acceptors (Lipinski definition) is 12. The van der Waals surface area contributed by atoms with E-state index in [1.54, 1.807) is 55.4 Å². The second-order valence-corrected chi connectivity index (χ2v) is 21.7. The van der Waals surface area contributed by atoms with Crippen molar-refractivity contribution in [3.8, 4) is 34.4 Å². The number of oxazole rings is 1.